The van der Waals surface area contributed by atoms with E-state index in [0.29, 0.717) is 0 Å². The van der Waals surface area contributed by atoms with Crippen LogP contribution in [0.25, 0.3) is 0 Å². The molecule has 1 aliphatic rings. The molecule has 1 saturated carbocycles. The number of esters is 1. The average Bonchev–Trinajstić information content (AvgIpc) is 3.32. The van der Waals surface area contributed by atoms with Gasteiger partial charge in [0.1, 0.15) is 5.54 Å². The molecule has 1 aliphatic carbocycles. The second-order valence-corrected chi connectivity index (χ2v) is 6.10. The summed E-state index contributed by atoms with van der Waals surface area (Å²) in [7, 11) is 0. The van der Waals surface area contributed by atoms with Crippen molar-refractivity contribution >= 4 is 35.1 Å². The smallest absolute Gasteiger partial charge is 0.340 e. The Balaban J connectivity index is 1.92. The lowest BCUT2D eigenvalue weighted by atomic mass is 9.98. The van der Waals surface area contributed by atoms with Crippen molar-refractivity contribution < 1.29 is 14.3 Å². The van der Waals surface area contributed by atoms with Gasteiger partial charge < -0.3 is 10.1 Å². The molecule has 1 fully saturated rings. The van der Waals surface area contributed by atoms with Crippen molar-refractivity contribution in [2.24, 2.45) is 5.92 Å². The Morgan fingerprint density at radius 2 is 2.14 bits per heavy atom. The second-order valence-electron chi connectivity index (χ2n) is 5.31. The van der Waals surface area contributed by atoms with Crippen molar-refractivity contribution in [3.8, 4) is 6.07 Å². The fourth-order valence-corrected chi connectivity index (χ4v) is 2.46. The summed E-state index contributed by atoms with van der Waals surface area (Å²) in [4.78, 5) is 23.7. The molecule has 2 rings (SSSR count). The molecular formula is C15H14Cl2N2O3. The van der Waals surface area contributed by atoms with E-state index in [1.54, 1.807) is 19.1 Å². The van der Waals surface area contributed by atoms with Crippen molar-refractivity contribution in [3.63, 3.8) is 0 Å². The normalized spacial score (nSPS) is 16.3. The number of halogens is 2. The SMILES string of the molecule is C[C@@](C#N)(NC(=O)COC(=O)c1cccc(Cl)c1Cl)C1CC1. The second kappa shape index (κ2) is 6.55. The fraction of sp³-hybridized carbons (Fsp3) is 0.400. The van der Waals surface area contributed by atoms with Crippen LogP contribution in [0.1, 0.15) is 30.1 Å². The Labute approximate surface area is 138 Å². The Morgan fingerprint density at radius 1 is 1.45 bits per heavy atom. The molecule has 1 N–H and O–H groups in total. The monoisotopic (exact) mass is 340 g/mol. The topological polar surface area (TPSA) is 79.2 Å². The average molecular weight is 341 g/mol. The van der Waals surface area contributed by atoms with Gasteiger partial charge in [-0.25, -0.2) is 4.79 Å². The van der Waals surface area contributed by atoms with E-state index in [-0.39, 0.29) is 21.5 Å². The van der Waals surface area contributed by atoms with Crippen LogP contribution in [-0.4, -0.2) is 24.0 Å². The zero-order valence-corrected chi connectivity index (χ0v) is 13.4. The van der Waals surface area contributed by atoms with Gasteiger partial charge in [0.2, 0.25) is 0 Å². The van der Waals surface area contributed by atoms with Gasteiger partial charge in [0.15, 0.2) is 6.61 Å². The number of amides is 1. The molecule has 116 valence electrons. The van der Waals surface area contributed by atoms with Gasteiger partial charge in [0, 0.05) is 0 Å². The quantitative estimate of drug-likeness (QED) is 0.835. The van der Waals surface area contributed by atoms with Crippen LogP contribution in [0.5, 0.6) is 0 Å². The molecule has 1 amide bonds. The van der Waals surface area contributed by atoms with Gasteiger partial charge in [-0.2, -0.15) is 5.26 Å². The number of rotatable bonds is 5. The zero-order valence-electron chi connectivity index (χ0n) is 11.9. The van der Waals surface area contributed by atoms with Gasteiger partial charge in [0.25, 0.3) is 5.91 Å². The van der Waals surface area contributed by atoms with Gasteiger partial charge in [-0.1, -0.05) is 29.3 Å². The van der Waals surface area contributed by atoms with E-state index in [9.17, 15) is 9.59 Å². The van der Waals surface area contributed by atoms with Gasteiger partial charge >= 0.3 is 5.97 Å². The summed E-state index contributed by atoms with van der Waals surface area (Å²) in [5.74, 6) is -1.12. The van der Waals surface area contributed by atoms with Gasteiger partial charge in [-0.15, -0.1) is 0 Å². The van der Waals surface area contributed by atoms with Crippen LogP contribution in [0.2, 0.25) is 10.0 Å². The molecule has 1 aromatic carbocycles. The maximum Gasteiger partial charge on any atom is 0.340 e. The molecule has 0 radical (unpaired) electrons. The number of nitrogens with one attached hydrogen (secondary N) is 1. The summed E-state index contributed by atoms with van der Waals surface area (Å²) in [6.07, 6.45) is 1.81. The number of hydrogen-bond acceptors (Lipinski definition) is 4. The van der Waals surface area contributed by atoms with E-state index in [0.717, 1.165) is 12.8 Å². The highest BCUT2D eigenvalue weighted by molar-refractivity contribution is 6.43. The highest BCUT2D eigenvalue weighted by Gasteiger charge is 2.43. The van der Waals surface area contributed by atoms with Crippen molar-refractivity contribution in [2.45, 2.75) is 25.3 Å². The van der Waals surface area contributed by atoms with E-state index in [4.69, 9.17) is 33.2 Å². The third kappa shape index (κ3) is 3.70. The number of benzene rings is 1. The van der Waals surface area contributed by atoms with Crippen molar-refractivity contribution in [2.75, 3.05) is 6.61 Å². The highest BCUT2D eigenvalue weighted by Crippen LogP contribution is 2.39. The van der Waals surface area contributed by atoms with E-state index < -0.39 is 24.0 Å². The molecule has 7 heteroatoms. The molecule has 5 nitrogen and oxygen atoms in total. The molecule has 0 aliphatic heterocycles. The number of nitriles is 1. The van der Waals surface area contributed by atoms with Crippen LogP contribution in [0.4, 0.5) is 0 Å². The Bertz CT molecular complexity index is 653. The molecule has 0 spiro atoms. The Morgan fingerprint density at radius 3 is 2.73 bits per heavy atom. The maximum absolute atomic E-state index is 11.9. The first-order valence-electron chi connectivity index (χ1n) is 6.71. The van der Waals surface area contributed by atoms with Crippen LogP contribution < -0.4 is 5.32 Å². The Kier molecular flexibility index (Phi) is 4.94. The third-order valence-electron chi connectivity index (χ3n) is 3.53. The molecule has 22 heavy (non-hydrogen) atoms. The minimum Gasteiger partial charge on any atom is -0.452 e. The number of carbonyl (C=O) groups is 2. The first-order valence-corrected chi connectivity index (χ1v) is 7.46. The number of ether oxygens (including phenoxy) is 1. The van der Waals surface area contributed by atoms with Crippen LogP contribution >= 0.6 is 23.2 Å². The summed E-state index contributed by atoms with van der Waals surface area (Å²) >= 11 is 11.7. The molecule has 0 aromatic heterocycles. The third-order valence-corrected chi connectivity index (χ3v) is 4.35. The first-order chi connectivity index (χ1) is 10.4. The Hall–Kier alpha value is -1.77. The summed E-state index contributed by atoms with van der Waals surface area (Å²) in [5, 5.41) is 12.1. The predicted molar refractivity (Wildman–Crippen MR) is 81.6 cm³/mol. The largest absolute Gasteiger partial charge is 0.452 e. The molecule has 0 bridgehead atoms. The van der Waals surface area contributed by atoms with E-state index in [1.807, 2.05) is 0 Å². The lowest BCUT2D eigenvalue weighted by Crippen LogP contribution is -2.48. The highest BCUT2D eigenvalue weighted by atomic mass is 35.5. The number of carbonyl (C=O) groups excluding carboxylic acids is 2. The summed E-state index contributed by atoms with van der Waals surface area (Å²) in [5.41, 5.74) is -0.829. The summed E-state index contributed by atoms with van der Waals surface area (Å²) < 4.78 is 4.91. The lowest BCUT2D eigenvalue weighted by molar-refractivity contribution is -0.125. The van der Waals surface area contributed by atoms with Crippen LogP contribution in [0.15, 0.2) is 18.2 Å². The van der Waals surface area contributed by atoms with Crippen molar-refractivity contribution in [1.82, 2.24) is 5.32 Å². The predicted octanol–water partition coefficient (Wildman–Crippen LogP) is 2.96. The van der Waals surface area contributed by atoms with Gasteiger partial charge in [-0.05, 0) is 37.8 Å². The number of hydrogen-bond donors (Lipinski definition) is 1. The number of nitrogens with zero attached hydrogens (tertiary/aromatic N) is 1. The van der Waals surface area contributed by atoms with E-state index in [2.05, 4.69) is 11.4 Å². The fourth-order valence-electron chi connectivity index (χ4n) is 2.08. The molecule has 1 aromatic rings. The standard InChI is InChI=1S/C15H14Cl2N2O3/c1-15(8-18,9-5-6-9)19-12(20)7-22-14(21)10-3-2-4-11(16)13(10)17/h2-4,9H,5-7H2,1H3,(H,19,20)/t15-/m0/s1. The molecule has 0 unspecified atom stereocenters. The first kappa shape index (κ1) is 16.6. The van der Waals surface area contributed by atoms with E-state index in [1.165, 1.54) is 6.07 Å². The van der Waals surface area contributed by atoms with Gasteiger partial charge in [0.05, 0.1) is 21.7 Å². The lowest BCUT2D eigenvalue weighted by Gasteiger charge is -2.22. The van der Waals surface area contributed by atoms with E-state index >= 15 is 0 Å². The van der Waals surface area contributed by atoms with Crippen LogP contribution in [-0.2, 0) is 9.53 Å². The molecule has 0 heterocycles. The van der Waals surface area contributed by atoms with Gasteiger partial charge in [-0.3, -0.25) is 4.79 Å². The molecular weight excluding hydrogens is 327 g/mol. The summed E-state index contributed by atoms with van der Waals surface area (Å²) in [6, 6.07) is 6.66. The summed E-state index contributed by atoms with van der Waals surface area (Å²) in [6.45, 7) is 1.18. The van der Waals surface area contributed by atoms with Crippen LogP contribution in [0.3, 0.4) is 0 Å². The van der Waals surface area contributed by atoms with Crippen molar-refractivity contribution in [3.05, 3.63) is 33.8 Å². The molecule has 0 saturated heterocycles. The minimum atomic E-state index is -0.919. The van der Waals surface area contributed by atoms with Crippen LogP contribution in [0, 0.1) is 17.2 Å². The zero-order chi connectivity index (χ0) is 16.3. The minimum absolute atomic E-state index is 0.0782. The maximum atomic E-state index is 11.9. The molecule has 1 atom stereocenters. The van der Waals surface area contributed by atoms with Crippen molar-refractivity contribution in [1.29, 1.82) is 5.26 Å².